The lowest BCUT2D eigenvalue weighted by atomic mass is 10.0. The van der Waals surface area contributed by atoms with Crippen molar-refractivity contribution in [3.63, 3.8) is 0 Å². The fraction of sp³-hybridized carbons (Fsp3) is 0.333. The first-order valence-corrected chi connectivity index (χ1v) is 13.4. The molecule has 2 atom stereocenters. The van der Waals surface area contributed by atoms with Crippen molar-refractivity contribution in [3.8, 4) is 17.7 Å². The second-order valence-corrected chi connectivity index (χ2v) is 10.2. The molecule has 0 amide bonds. The number of halogens is 2. The van der Waals surface area contributed by atoms with Crippen molar-refractivity contribution in [2.24, 2.45) is 4.99 Å². The zero-order chi connectivity index (χ0) is 27.2. The van der Waals surface area contributed by atoms with Crippen molar-refractivity contribution in [1.82, 2.24) is 9.80 Å². The van der Waals surface area contributed by atoms with Crippen LogP contribution in [0.2, 0.25) is 5.02 Å². The molecule has 5 rings (SSSR count). The van der Waals surface area contributed by atoms with E-state index in [1.807, 2.05) is 60.8 Å². The van der Waals surface area contributed by atoms with Crippen LogP contribution >= 0.6 is 11.6 Å². The van der Waals surface area contributed by atoms with Crippen LogP contribution in [0.1, 0.15) is 24.1 Å². The Labute approximate surface area is 233 Å². The van der Waals surface area contributed by atoms with E-state index in [1.54, 1.807) is 18.2 Å². The zero-order valence-corrected chi connectivity index (χ0v) is 22.6. The maximum atomic E-state index is 13.6. The summed E-state index contributed by atoms with van der Waals surface area (Å²) in [5.74, 6) is 1.94. The highest BCUT2D eigenvalue weighted by molar-refractivity contribution is 6.30. The van der Waals surface area contributed by atoms with E-state index in [0.717, 1.165) is 37.5 Å². The summed E-state index contributed by atoms with van der Waals surface area (Å²) < 4.78 is 25.2. The molecular weight excluding hydrogens is 517 g/mol. The molecule has 202 valence electrons. The molecule has 2 fully saturated rings. The van der Waals surface area contributed by atoms with E-state index in [1.165, 1.54) is 0 Å². The number of hydrogen-bond donors (Lipinski definition) is 0. The van der Waals surface area contributed by atoms with Crippen LogP contribution in [0.25, 0.3) is 0 Å². The van der Waals surface area contributed by atoms with Gasteiger partial charge in [-0.3, -0.25) is 4.90 Å². The lowest BCUT2D eigenvalue weighted by molar-refractivity contribution is -0.0191. The molecule has 0 bridgehead atoms. The Morgan fingerprint density at radius 1 is 1.05 bits per heavy atom. The van der Waals surface area contributed by atoms with Crippen LogP contribution < -0.4 is 9.64 Å². The molecule has 7 nitrogen and oxygen atoms in total. The summed E-state index contributed by atoms with van der Waals surface area (Å²) in [5.41, 5.74) is 2.46. The molecule has 0 aromatic heterocycles. The number of nitriles is 1. The Balaban J connectivity index is 1.42. The Morgan fingerprint density at radius 3 is 2.49 bits per heavy atom. The van der Waals surface area contributed by atoms with Crippen molar-refractivity contribution in [2.45, 2.75) is 25.7 Å². The van der Waals surface area contributed by atoms with Gasteiger partial charge in [-0.25, -0.2) is 4.39 Å². The zero-order valence-electron chi connectivity index (χ0n) is 21.8. The molecule has 0 aliphatic carbocycles. The van der Waals surface area contributed by atoms with Crippen molar-refractivity contribution in [1.29, 1.82) is 5.26 Å². The van der Waals surface area contributed by atoms with Gasteiger partial charge in [-0.1, -0.05) is 35.9 Å². The molecule has 0 N–H and O–H groups in total. The van der Waals surface area contributed by atoms with Gasteiger partial charge in [-0.05, 0) is 66.6 Å². The third kappa shape index (κ3) is 6.51. The van der Waals surface area contributed by atoms with Crippen LogP contribution in [-0.2, 0) is 11.4 Å². The minimum absolute atomic E-state index is 0.143. The summed E-state index contributed by atoms with van der Waals surface area (Å²) in [6.07, 6.45) is 2.20. The SMILES string of the molecule is C[C@H]1CN(CCN2CC(c3cccc(CF)c3)N(c3ccc(Oc4ccc(Cl)cc4)cc3)C2=NC#N)CCO1. The van der Waals surface area contributed by atoms with E-state index >= 15 is 0 Å². The van der Waals surface area contributed by atoms with Crippen LogP contribution in [0.3, 0.4) is 0 Å². The Hall–Kier alpha value is -3.64. The Kier molecular flexibility index (Phi) is 8.62. The van der Waals surface area contributed by atoms with Gasteiger partial charge in [0.05, 0.1) is 18.8 Å². The maximum Gasteiger partial charge on any atom is 0.217 e. The second kappa shape index (κ2) is 12.5. The molecule has 0 radical (unpaired) electrons. The quantitative estimate of drug-likeness (QED) is 0.321. The van der Waals surface area contributed by atoms with Gasteiger partial charge in [0.15, 0.2) is 0 Å². The van der Waals surface area contributed by atoms with Crippen LogP contribution in [0.4, 0.5) is 10.1 Å². The number of anilines is 1. The van der Waals surface area contributed by atoms with Gasteiger partial charge in [0.25, 0.3) is 0 Å². The third-order valence-electron chi connectivity index (χ3n) is 7.02. The molecule has 9 heteroatoms. The number of morpholine rings is 1. The molecule has 2 saturated heterocycles. The number of alkyl halides is 1. The Morgan fingerprint density at radius 2 is 1.79 bits per heavy atom. The molecule has 2 aliphatic heterocycles. The second-order valence-electron chi connectivity index (χ2n) is 9.75. The highest BCUT2D eigenvalue weighted by Gasteiger charge is 2.38. The first-order valence-electron chi connectivity index (χ1n) is 13.1. The van der Waals surface area contributed by atoms with E-state index < -0.39 is 6.67 Å². The van der Waals surface area contributed by atoms with Crippen molar-refractivity contribution >= 4 is 23.2 Å². The average molecular weight is 548 g/mol. The fourth-order valence-electron chi connectivity index (χ4n) is 5.13. The van der Waals surface area contributed by atoms with Gasteiger partial charge >= 0.3 is 0 Å². The Bertz CT molecular complexity index is 1330. The van der Waals surface area contributed by atoms with Crippen LogP contribution in [0.5, 0.6) is 11.5 Å². The molecule has 39 heavy (non-hydrogen) atoms. The molecule has 2 aliphatic rings. The van der Waals surface area contributed by atoms with E-state index in [0.29, 0.717) is 41.1 Å². The summed E-state index contributed by atoms with van der Waals surface area (Å²) in [5, 5.41) is 10.3. The van der Waals surface area contributed by atoms with Crippen LogP contribution in [0.15, 0.2) is 77.8 Å². The van der Waals surface area contributed by atoms with Crippen LogP contribution in [0, 0.1) is 11.5 Å². The normalized spacial score (nSPS) is 20.8. The largest absolute Gasteiger partial charge is 0.457 e. The monoisotopic (exact) mass is 547 g/mol. The molecular formula is C30H31ClFN5O2. The summed E-state index contributed by atoms with van der Waals surface area (Å²) in [6.45, 7) is 6.19. The highest BCUT2D eigenvalue weighted by atomic mass is 35.5. The molecule has 2 heterocycles. The predicted octanol–water partition coefficient (Wildman–Crippen LogP) is 6.02. The van der Waals surface area contributed by atoms with E-state index in [2.05, 4.69) is 26.6 Å². The predicted molar refractivity (Wildman–Crippen MR) is 151 cm³/mol. The fourth-order valence-corrected chi connectivity index (χ4v) is 5.25. The summed E-state index contributed by atoms with van der Waals surface area (Å²) >= 11 is 5.99. The van der Waals surface area contributed by atoms with Crippen molar-refractivity contribution < 1.29 is 13.9 Å². The number of guanidine groups is 1. The molecule has 0 spiro atoms. The smallest absolute Gasteiger partial charge is 0.217 e. The molecule has 3 aromatic carbocycles. The minimum atomic E-state index is -0.532. The standard InChI is InChI=1S/C30H31ClFN5O2/c1-22-19-35(15-16-38-22)13-14-36-20-29(24-4-2-3-23(17-24)18-32)37(30(36)34-21-33)26-7-11-28(12-8-26)39-27-9-5-25(31)6-10-27/h2-12,17,22,29H,13-16,18-20H2,1H3/t22-,29?/m0/s1. The number of aliphatic imine (C=N–C) groups is 1. The number of ether oxygens (including phenoxy) is 2. The molecule has 1 unspecified atom stereocenters. The first kappa shape index (κ1) is 26.9. The summed E-state index contributed by atoms with van der Waals surface area (Å²) in [6, 6.07) is 22.3. The summed E-state index contributed by atoms with van der Waals surface area (Å²) in [4.78, 5) is 10.9. The lowest BCUT2D eigenvalue weighted by Gasteiger charge is -2.32. The molecule has 0 saturated carbocycles. The number of hydrogen-bond acceptors (Lipinski definition) is 5. The van der Waals surface area contributed by atoms with E-state index in [9.17, 15) is 9.65 Å². The van der Waals surface area contributed by atoms with Gasteiger partial charge in [0, 0.05) is 43.4 Å². The number of nitrogens with zero attached hydrogens (tertiary/aromatic N) is 5. The van der Waals surface area contributed by atoms with E-state index in [-0.39, 0.29) is 12.1 Å². The highest BCUT2D eigenvalue weighted by Crippen LogP contribution is 2.36. The first-order chi connectivity index (χ1) is 19.0. The van der Waals surface area contributed by atoms with Gasteiger partial charge in [0.1, 0.15) is 18.2 Å². The maximum absolute atomic E-state index is 13.6. The van der Waals surface area contributed by atoms with Crippen molar-refractivity contribution in [3.05, 3.63) is 88.9 Å². The minimum Gasteiger partial charge on any atom is -0.457 e. The van der Waals surface area contributed by atoms with Crippen LogP contribution in [-0.4, -0.2) is 61.2 Å². The number of benzene rings is 3. The van der Waals surface area contributed by atoms with Gasteiger partial charge < -0.3 is 19.3 Å². The lowest BCUT2D eigenvalue weighted by Crippen LogP contribution is -2.45. The van der Waals surface area contributed by atoms with Crippen molar-refractivity contribution in [2.75, 3.05) is 44.2 Å². The molecule has 3 aromatic rings. The van der Waals surface area contributed by atoms with E-state index in [4.69, 9.17) is 21.1 Å². The summed E-state index contributed by atoms with van der Waals surface area (Å²) in [7, 11) is 0. The van der Waals surface area contributed by atoms with Gasteiger partial charge in [0.2, 0.25) is 12.2 Å². The number of rotatable bonds is 8. The third-order valence-corrected chi connectivity index (χ3v) is 7.27. The average Bonchev–Trinajstić information content (AvgIpc) is 3.32. The van der Waals surface area contributed by atoms with Gasteiger partial charge in [-0.15, -0.1) is 4.99 Å². The topological polar surface area (TPSA) is 64.3 Å². The van der Waals surface area contributed by atoms with Gasteiger partial charge in [-0.2, -0.15) is 5.26 Å².